The number of rotatable bonds is 8. The highest BCUT2D eigenvalue weighted by Gasteiger charge is 2.29. The Balaban J connectivity index is 0.00000364. The zero-order valence-electron chi connectivity index (χ0n) is 17.4. The third kappa shape index (κ3) is 7.38. The molecule has 2 rings (SSSR count). The van der Waals surface area contributed by atoms with Crippen LogP contribution in [0.4, 0.5) is 0 Å². The summed E-state index contributed by atoms with van der Waals surface area (Å²) >= 11 is 0. The van der Waals surface area contributed by atoms with Crippen LogP contribution in [0, 0.1) is 0 Å². The first-order valence-electron chi connectivity index (χ1n) is 10.0. The predicted molar refractivity (Wildman–Crippen MR) is 121 cm³/mol. The van der Waals surface area contributed by atoms with E-state index in [4.69, 9.17) is 4.74 Å². The fraction of sp³-hybridized carbons (Fsp3) is 0.895. The van der Waals surface area contributed by atoms with Crippen LogP contribution in [0.1, 0.15) is 46.5 Å². The fourth-order valence-electron chi connectivity index (χ4n) is 3.79. The van der Waals surface area contributed by atoms with Gasteiger partial charge in [-0.3, -0.25) is 14.7 Å². The molecule has 2 fully saturated rings. The Bertz CT molecular complexity index is 481. The number of guanidine groups is 1. The van der Waals surface area contributed by atoms with Crippen LogP contribution in [-0.2, 0) is 9.53 Å². The van der Waals surface area contributed by atoms with Crippen molar-refractivity contribution in [2.24, 2.45) is 4.99 Å². The number of amides is 1. The summed E-state index contributed by atoms with van der Waals surface area (Å²) < 4.78 is 5.45. The molecule has 1 unspecified atom stereocenters. The highest BCUT2D eigenvalue weighted by atomic mass is 127. The van der Waals surface area contributed by atoms with Crippen LogP contribution in [0.3, 0.4) is 0 Å². The molecular weight excluding hydrogens is 457 g/mol. The summed E-state index contributed by atoms with van der Waals surface area (Å²) in [6.45, 7) is 12.8. The molecular formula is C19H38IN5O2. The second-order valence-electron chi connectivity index (χ2n) is 7.81. The van der Waals surface area contributed by atoms with Gasteiger partial charge in [0, 0.05) is 57.8 Å². The van der Waals surface area contributed by atoms with Gasteiger partial charge in [-0.15, -0.1) is 24.0 Å². The van der Waals surface area contributed by atoms with Crippen molar-refractivity contribution in [3.05, 3.63) is 0 Å². The van der Waals surface area contributed by atoms with Gasteiger partial charge in [0.15, 0.2) is 5.96 Å². The first kappa shape index (κ1) is 24.4. The molecule has 0 spiro atoms. The lowest BCUT2D eigenvalue weighted by molar-refractivity contribution is -0.129. The molecule has 2 heterocycles. The van der Waals surface area contributed by atoms with Crippen LogP contribution >= 0.6 is 24.0 Å². The summed E-state index contributed by atoms with van der Waals surface area (Å²) in [4.78, 5) is 20.8. The average Bonchev–Trinajstić information content (AvgIpc) is 3.08. The molecule has 2 aliphatic rings. The lowest BCUT2D eigenvalue weighted by Gasteiger charge is -2.41. The molecule has 27 heavy (non-hydrogen) atoms. The molecule has 2 N–H and O–H groups in total. The Labute approximate surface area is 181 Å². The maximum absolute atomic E-state index is 11.9. The SMILES string of the molecule is CCC(CCNC(=NC)NCC(C)(C)N1CCOCC1)N1CCCC1=O.I. The quantitative estimate of drug-likeness (QED) is 0.305. The van der Waals surface area contributed by atoms with Gasteiger partial charge in [0.1, 0.15) is 0 Å². The van der Waals surface area contributed by atoms with Gasteiger partial charge in [-0.25, -0.2) is 0 Å². The smallest absolute Gasteiger partial charge is 0.222 e. The molecule has 7 nitrogen and oxygen atoms in total. The van der Waals surface area contributed by atoms with E-state index < -0.39 is 0 Å². The van der Waals surface area contributed by atoms with Crippen molar-refractivity contribution in [2.45, 2.75) is 58.0 Å². The second-order valence-corrected chi connectivity index (χ2v) is 7.81. The summed E-state index contributed by atoms with van der Waals surface area (Å²) in [6, 6.07) is 0.334. The fourth-order valence-corrected chi connectivity index (χ4v) is 3.79. The molecule has 0 radical (unpaired) electrons. The van der Waals surface area contributed by atoms with E-state index in [2.05, 4.69) is 46.2 Å². The minimum atomic E-state index is 0. The summed E-state index contributed by atoms with van der Waals surface area (Å²) in [7, 11) is 1.80. The standard InChI is InChI=1S/C19H37N5O2.HI/c1-5-16(24-10-6-7-17(24)25)8-9-21-18(20-4)22-15-19(2,3)23-11-13-26-14-12-23;/h16H,5-15H2,1-4H3,(H2,20,21,22);1H. The molecule has 2 aliphatic heterocycles. The zero-order valence-corrected chi connectivity index (χ0v) is 19.8. The Morgan fingerprint density at radius 3 is 2.52 bits per heavy atom. The van der Waals surface area contributed by atoms with Gasteiger partial charge in [-0.05, 0) is 33.1 Å². The summed E-state index contributed by atoms with van der Waals surface area (Å²) in [5, 5.41) is 6.86. The number of morpholine rings is 1. The van der Waals surface area contributed by atoms with Crippen LogP contribution in [-0.4, -0.2) is 86.2 Å². The van der Waals surface area contributed by atoms with Crippen LogP contribution < -0.4 is 10.6 Å². The Kier molecular flexibility index (Phi) is 10.9. The zero-order chi connectivity index (χ0) is 19.0. The van der Waals surface area contributed by atoms with E-state index in [1.807, 2.05) is 0 Å². The maximum atomic E-state index is 11.9. The van der Waals surface area contributed by atoms with Crippen LogP contribution in [0.25, 0.3) is 0 Å². The van der Waals surface area contributed by atoms with E-state index in [1.165, 1.54) is 0 Å². The molecule has 158 valence electrons. The van der Waals surface area contributed by atoms with Gasteiger partial charge in [0.05, 0.1) is 13.2 Å². The van der Waals surface area contributed by atoms with Gasteiger partial charge in [-0.2, -0.15) is 0 Å². The monoisotopic (exact) mass is 495 g/mol. The number of ether oxygens (including phenoxy) is 1. The largest absolute Gasteiger partial charge is 0.379 e. The van der Waals surface area contributed by atoms with Crippen molar-refractivity contribution in [1.29, 1.82) is 0 Å². The topological polar surface area (TPSA) is 69.2 Å². The first-order valence-corrected chi connectivity index (χ1v) is 10.0. The first-order chi connectivity index (χ1) is 12.5. The third-order valence-electron chi connectivity index (χ3n) is 5.57. The van der Waals surface area contributed by atoms with E-state index in [9.17, 15) is 4.79 Å². The second kappa shape index (κ2) is 12.1. The highest BCUT2D eigenvalue weighted by Crippen LogP contribution is 2.18. The molecule has 0 bridgehead atoms. The maximum Gasteiger partial charge on any atom is 0.222 e. The third-order valence-corrected chi connectivity index (χ3v) is 5.57. The van der Waals surface area contributed by atoms with Crippen molar-refractivity contribution < 1.29 is 9.53 Å². The number of nitrogens with one attached hydrogen (secondary N) is 2. The van der Waals surface area contributed by atoms with E-state index >= 15 is 0 Å². The Morgan fingerprint density at radius 2 is 1.96 bits per heavy atom. The van der Waals surface area contributed by atoms with E-state index in [0.29, 0.717) is 18.4 Å². The molecule has 8 heteroatoms. The minimum absolute atomic E-state index is 0. The Hall–Kier alpha value is -0.610. The Morgan fingerprint density at radius 1 is 1.26 bits per heavy atom. The number of nitrogens with zero attached hydrogens (tertiary/aromatic N) is 3. The molecule has 0 aromatic carbocycles. The van der Waals surface area contributed by atoms with Gasteiger partial charge in [0.25, 0.3) is 0 Å². The number of hydrogen-bond donors (Lipinski definition) is 2. The van der Waals surface area contributed by atoms with E-state index in [-0.39, 0.29) is 29.5 Å². The number of carbonyl (C=O) groups is 1. The van der Waals surface area contributed by atoms with E-state index in [1.54, 1.807) is 7.05 Å². The van der Waals surface area contributed by atoms with Gasteiger partial charge in [0.2, 0.25) is 5.91 Å². The number of aliphatic imine (C=N–C) groups is 1. The number of carbonyl (C=O) groups excluding carboxylic acids is 1. The predicted octanol–water partition coefficient (Wildman–Crippen LogP) is 1.67. The normalized spacial score (nSPS) is 20.4. The molecule has 0 aliphatic carbocycles. The summed E-state index contributed by atoms with van der Waals surface area (Å²) in [6.07, 6.45) is 3.67. The van der Waals surface area contributed by atoms with Gasteiger partial charge < -0.3 is 20.3 Å². The average molecular weight is 495 g/mol. The number of halogens is 1. The molecule has 0 aromatic heterocycles. The van der Waals surface area contributed by atoms with E-state index in [0.717, 1.165) is 71.2 Å². The van der Waals surface area contributed by atoms with Crippen molar-refractivity contribution in [2.75, 3.05) is 53.0 Å². The lowest BCUT2D eigenvalue weighted by atomic mass is 10.0. The van der Waals surface area contributed by atoms with Gasteiger partial charge >= 0.3 is 0 Å². The van der Waals surface area contributed by atoms with Crippen LogP contribution in [0.2, 0.25) is 0 Å². The summed E-state index contributed by atoms with van der Waals surface area (Å²) in [5.74, 6) is 1.14. The van der Waals surface area contributed by atoms with Crippen molar-refractivity contribution >= 4 is 35.8 Å². The molecule has 0 saturated carbocycles. The molecule has 1 atom stereocenters. The van der Waals surface area contributed by atoms with Crippen LogP contribution in [0.5, 0.6) is 0 Å². The van der Waals surface area contributed by atoms with Crippen molar-refractivity contribution in [1.82, 2.24) is 20.4 Å². The number of likely N-dealkylation sites (tertiary alicyclic amines) is 1. The molecule has 0 aromatic rings. The van der Waals surface area contributed by atoms with Gasteiger partial charge in [-0.1, -0.05) is 6.92 Å². The number of hydrogen-bond acceptors (Lipinski definition) is 4. The minimum Gasteiger partial charge on any atom is -0.379 e. The highest BCUT2D eigenvalue weighted by molar-refractivity contribution is 14.0. The van der Waals surface area contributed by atoms with Crippen molar-refractivity contribution in [3.8, 4) is 0 Å². The summed E-state index contributed by atoms with van der Waals surface area (Å²) in [5.41, 5.74) is 0.0509. The van der Waals surface area contributed by atoms with Crippen LogP contribution in [0.15, 0.2) is 4.99 Å². The molecule has 1 amide bonds. The van der Waals surface area contributed by atoms with Crippen molar-refractivity contribution in [3.63, 3.8) is 0 Å². The lowest BCUT2D eigenvalue weighted by Crippen LogP contribution is -2.56. The molecule has 2 saturated heterocycles.